The van der Waals surface area contributed by atoms with Crippen molar-refractivity contribution in [3.8, 4) is 0 Å². The van der Waals surface area contributed by atoms with Crippen LogP contribution < -0.4 is 16.2 Å². The Balaban J connectivity index is 2.33. The number of hydrogen-bond donors (Lipinski definition) is 3. The van der Waals surface area contributed by atoms with E-state index in [-0.39, 0.29) is 16.5 Å². The Labute approximate surface area is 113 Å². The summed E-state index contributed by atoms with van der Waals surface area (Å²) in [6.07, 6.45) is 0.875. The quantitative estimate of drug-likeness (QED) is 0.715. The molecule has 0 aliphatic carbocycles. The molecular formula is C12H19N3O3S. The summed E-state index contributed by atoms with van der Waals surface area (Å²) in [4.78, 5) is 0.00479. The summed E-state index contributed by atoms with van der Waals surface area (Å²) in [5, 5.41) is 8.42. The Morgan fingerprint density at radius 2 is 2.11 bits per heavy atom. The first kappa shape index (κ1) is 14.1. The molecule has 1 aliphatic heterocycles. The molecule has 106 valence electrons. The third-order valence-corrected chi connectivity index (χ3v) is 4.47. The third-order valence-electron chi connectivity index (χ3n) is 3.57. The van der Waals surface area contributed by atoms with E-state index in [0.29, 0.717) is 18.0 Å². The monoisotopic (exact) mass is 285 g/mol. The maximum Gasteiger partial charge on any atom is 0.238 e. The molecule has 5 N–H and O–H groups in total. The maximum atomic E-state index is 11.4. The van der Waals surface area contributed by atoms with E-state index in [4.69, 9.17) is 15.6 Å². The zero-order valence-electron chi connectivity index (χ0n) is 11.0. The highest BCUT2D eigenvalue weighted by Crippen LogP contribution is 2.31. The Morgan fingerprint density at radius 1 is 1.42 bits per heavy atom. The number of hydrogen-bond acceptors (Lipinski definition) is 5. The molecular weight excluding hydrogens is 266 g/mol. The molecule has 2 rings (SSSR count). The molecule has 0 aromatic heterocycles. The third kappa shape index (κ3) is 2.99. The Hall–Kier alpha value is -1.31. The summed E-state index contributed by atoms with van der Waals surface area (Å²) < 4.78 is 28.3. The van der Waals surface area contributed by atoms with E-state index in [1.54, 1.807) is 6.07 Å². The van der Waals surface area contributed by atoms with E-state index in [0.717, 1.165) is 6.42 Å². The zero-order chi connectivity index (χ0) is 14.3. The highest BCUT2D eigenvalue weighted by atomic mass is 32.2. The van der Waals surface area contributed by atoms with Gasteiger partial charge in [0.05, 0.1) is 16.5 Å². The van der Waals surface area contributed by atoms with Crippen LogP contribution in [0.15, 0.2) is 23.1 Å². The number of sulfonamides is 1. The molecule has 0 bridgehead atoms. The predicted molar refractivity (Wildman–Crippen MR) is 74.3 cm³/mol. The number of rotatable bonds is 3. The molecule has 1 saturated heterocycles. The normalized spacial score (nSPS) is 27.4. The predicted octanol–water partition coefficient (Wildman–Crippen LogP) is 0.896. The van der Waals surface area contributed by atoms with Crippen LogP contribution in [-0.2, 0) is 14.8 Å². The lowest BCUT2D eigenvalue weighted by atomic mass is 9.94. The number of nitrogens with two attached hydrogens (primary N) is 2. The number of anilines is 2. The SMILES string of the molecule is CC1OCCC1(C)Nc1cc(N)cc(S(N)(=O)=O)c1. The molecule has 1 fully saturated rings. The molecule has 1 heterocycles. The van der Waals surface area contributed by atoms with Gasteiger partial charge in [-0.2, -0.15) is 0 Å². The van der Waals surface area contributed by atoms with Crippen LogP contribution in [0.2, 0.25) is 0 Å². The van der Waals surface area contributed by atoms with E-state index in [2.05, 4.69) is 5.32 Å². The van der Waals surface area contributed by atoms with Gasteiger partial charge in [0, 0.05) is 18.0 Å². The van der Waals surface area contributed by atoms with Crippen LogP contribution in [0.5, 0.6) is 0 Å². The molecule has 0 radical (unpaired) electrons. The number of ether oxygens (including phenoxy) is 1. The summed E-state index contributed by atoms with van der Waals surface area (Å²) >= 11 is 0. The fourth-order valence-corrected chi connectivity index (χ4v) is 2.78. The molecule has 0 spiro atoms. The molecule has 2 unspecified atom stereocenters. The number of benzene rings is 1. The van der Waals surface area contributed by atoms with Gasteiger partial charge in [0.15, 0.2) is 0 Å². The molecule has 0 saturated carbocycles. The minimum absolute atomic E-state index is 0.00479. The Morgan fingerprint density at radius 3 is 2.63 bits per heavy atom. The van der Waals surface area contributed by atoms with Gasteiger partial charge in [0.1, 0.15) is 0 Å². The summed E-state index contributed by atoms with van der Waals surface area (Å²) in [6.45, 7) is 4.69. The van der Waals surface area contributed by atoms with Gasteiger partial charge >= 0.3 is 0 Å². The Bertz CT molecular complexity index is 588. The molecule has 19 heavy (non-hydrogen) atoms. The first-order chi connectivity index (χ1) is 8.71. The fourth-order valence-electron chi connectivity index (χ4n) is 2.19. The first-order valence-electron chi connectivity index (χ1n) is 6.04. The van der Waals surface area contributed by atoms with Crippen molar-refractivity contribution in [3.63, 3.8) is 0 Å². The smallest absolute Gasteiger partial charge is 0.238 e. The fraction of sp³-hybridized carbons (Fsp3) is 0.500. The van der Waals surface area contributed by atoms with Crippen molar-refractivity contribution < 1.29 is 13.2 Å². The number of primary sulfonamides is 1. The van der Waals surface area contributed by atoms with E-state index in [9.17, 15) is 8.42 Å². The highest BCUT2D eigenvalue weighted by molar-refractivity contribution is 7.89. The standard InChI is InChI=1S/C12H19N3O3S/c1-8-12(2,3-4-18-8)15-10-5-9(13)6-11(7-10)19(14,16)17/h5-8,15H,3-4,13H2,1-2H3,(H2,14,16,17). The molecule has 7 heteroatoms. The topological polar surface area (TPSA) is 107 Å². The van der Waals surface area contributed by atoms with E-state index in [1.165, 1.54) is 12.1 Å². The Kier molecular flexibility index (Phi) is 3.46. The van der Waals surface area contributed by atoms with Crippen LogP contribution in [0.3, 0.4) is 0 Å². The van der Waals surface area contributed by atoms with Crippen LogP contribution in [-0.4, -0.2) is 26.7 Å². The van der Waals surface area contributed by atoms with Crippen LogP contribution in [0.1, 0.15) is 20.3 Å². The molecule has 1 aromatic rings. The van der Waals surface area contributed by atoms with Gasteiger partial charge in [0.2, 0.25) is 10.0 Å². The number of nitrogen functional groups attached to an aromatic ring is 1. The lowest BCUT2D eigenvalue weighted by Gasteiger charge is -2.30. The summed E-state index contributed by atoms with van der Waals surface area (Å²) in [7, 11) is -3.77. The highest BCUT2D eigenvalue weighted by Gasteiger charge is 2.37. The van der Waals surface area contributed by atoms with Crippen molar-refractivity contribution in [2.45, 2.75) is 36.8 Å². The van der Waals surface area contributed by atoms with Gasteiger partial charge in [0.25, 0.3) is 0 Å². The van der Waals surface area contributed by atoms with Crippen molar-refractivity contribution >= 4 is 21.4 Å². The lowest BCUT2D eigenvalue weighted by Crippen LogP contribution is -2.41. The van der Waals surface area contributed by atoms with Crippen molar-refractivity contribution in [1.82, 2.24) is 0 Å². The molecule has 1 aliphatic rings. The van der Waals surface area contributed by atoms with Gasteiger partial charge in [-0.05, 0) is 38.5 Å². The van der Waals surface area contributed by atoms with E-state index < -0.39 is 10.0 Å². The second kappa shape index (κ2) is 4.66. The molecule has 1 aromatic carbocycles. The second-order valence-electron chi connectivity index (χ2n) is 5.14. The molecule has 6 nitrogen and oxygen atoms in total. The van der Waals surface area contributed by atoms with Crippen LogP contribution in [0.4, 0.5) is 11.4 Å². The van der Waals surface area contributed by atoms with Crippen molar-refractivity contribution in [2.24, 2.45) is 5.14 Å². The van der Waals surface area contributed by atoms with E-state index >= 15 is 0 Å². The number of nitrogens with one attached hydrogen (secondary N) is 1. The average molecular weight is 285 g/mol. The summed E-state index contributed by atoms with van der Waals surface area (Å²) in [5.74, 6) is 0. The minimum Gasteiger partial charge on any atom is -0.399 e. The van der Waals surface area contributed by atoms with Gasteiger partial charge in [-0.3, -0.25) is 0 Å². The minimum atomic E-state index is -3.77. The van der Waals surface area contributed by atoms with E-state index in [1.807, 2.05) is 13.8 Å². The first-order valence-corrected chi connectivity index (χ1v) is 7.58. The van der Waals surface area contributed by atoms with Crippen molar-refractivity contribution in [1.29, 1.82) is 0 Å². The second-order valence-corrected chi connectivity index (χ2v) is 6.70. The van der Waals surface area contributed by atoms with Gasteiger partial charge in [-0.25, -0.2) is 13.6 Å². The van der Waals surface area contributed by atoms with Crippen molar-refractivity contribution in [2.75, 3.05) is 17.7 Å². The maximum absolute atomic E-state index is 11.4. The van der Waals surface area contributed by atoms with Crippen LogP contribution in [0.25, 0.3) is 0 Å². The zero-order valence-corrected chi connectivity index (χ0v) is 11.8. The largest absolute Gasteiger partial charge is 0.399 e. The summed E-state index contributed by atoms with van der Waals surface area (Å²) in [6, 6.07) is 4.52. The molecule has 0 amide bonds. The van der Waals surface area contributed by atoms with Crippen LogP contribution in [0, 0.1) is 0 Å². The summed E-state index contributed by atoms with van der Waals surface area (Å²) in [5.41, 5.74) is 6.45. The lowest BCUT2D eigenvalue weighted by molar-refractivity contribution is 0.105. The van der Waals surface area contributed by atoms with Crippen molar-refractivity contribution in [3.05, 3.63) is 18.2 Å². The average Bonchev–Trinajstić information content (AvgIpc) is 2.56. The van der Waals surface area contributed by atoms with Gasteiger partial charge in [-0.15, -0.1) is 0 Å². The van der Waals surface area contributed by atoms with Gasteiger partial charge < -0.3 is 15.8 Å². The van der Waals surface area contributed by atoms with Crippen LogP contribution >= 0.6 is 0 Å². The molecule has 2 atom stereocenters. The van der Waals surface area contributed by atoms with Gasteiger partial charge in [-0.1, -0.05) is 0 Å².